The molecule has 3 aromatic heterocycles. The van der Waals surface area contributed by atoms with Gasteiger partial charge in [-0.05, 0) is 31.0 Å². The zero-order chi connectivity index (χ0) is 19.1. The minimum absolute atomic E-state index is 0.113. The third kappa shape index (κ3) is 3.21. The Morgan fingerprint density at radius 2 is 1.93 bits per heavy atom. The fourth-order valence-corrected chi connectivity index (χ4v) is 3.46. The topological polar surface area (TPSA) is 94.1 Å². The second-order valence-corrected chi connectivity index (χ2v) is 7.44. The van der Waals surface area contributed by atoms with Gasteiger partial charge >= 0.3 is 0 Å². The van der Waals surface area contributed by atoms with Crippen LogP contribution in [0.4, 0.5) is 0 Å². The summed E-state index contributed by atoms with van der Waals surface area (Å²) in [6.45, 7) is 1.64. The molecule has 4 heterocycles. The molecular formula is C20H19N5O3. The Bertz CT molecular complexity index is 1060. The maximum absolute atomic E-state index is 12.5. The van der Waals surface area contributed by atoms with E-state index in [1.807, 2.05) is 12.1 Å². The molecule has 0 N–H and O–H groups in total. The number of carbonyl (C=O) groups is 1. The first kappa shape index (κ1) is 16.9. The summed E-state index contributed by atoms with van der Waals surface area (Å²) in [4.78, 5) is 30.4. The van der Waals surface area contributed by atoms with Gasteiger partial charge in [-0.15, -0.1) is 0 Å². The average Bonchev–Trinajstić information content (AvgIpc) is 3.42. The highest BCUT2D eigenvalue weighted by Gasteiger charge is 2.35. The van der Waals surface area contributed by atoms with Crippen LogP contribution in [0.25, 0.3) is 11.3 Å². The van der Waals surface area contributed by atoms with Gasteiger partial charge in [0.2, 0.25) is 0 Å². The molecule has 1 aliphatic heterocycles. The van der Waals surface area contributed by atoms with Crippen molar-refractivity contribution in [2.75, 3.05) is 13.1 Å². The van der Waals surface area contributed by atoms with Crippen molar-refractivity contribution in [3.8, 4) is 11.3 Å². The van der Waals surface area contributed by atoms with E-state index in [-0.39, 0.29) is 17.4 Å². The summed E-state index contributed by atoms with van der Waals surface area (Å²) >= 11 is 0. The van der Waals surface area contributed by atoms with E-state index in [1.165, 1.54) is 10.7 Å². The lowest BCUT2D eigenvalue weighted by Crippen LogP contribution is -2.52. The van der Waals surface area contributed by atoms with Crippen molar-refractivity contribution in [1.82, 2.24) is 24.8 Å². The zero-order valence-electron chi connectivity index (χ0n) is 15.2. The van der Waals surface area contributed by atoms with Gasteiger partial charge in [0.1, 0.15) is 5.76 Å². The van der Waals surface area contributed by atoms with Crippen molar-refractivity contribution in [3.05, 3.63) is 64.5 Å². The number of nitrogens with zero attached hydrogens (tertiary/aromatic N) is 5. The molecule has 1 amide bonds. The van der Waals surface area contributed by atoms with Gasteiger partial charge in [-0.2, -0.15) is 5.10 Å². The van der Waals surface area contributed by atoms with Gasteiger partial charge in [-0.1, -0.05) is 5.16 Å². The fraction of sp³-hybridized carbons (Fsp3) is 0.350. The molecule has 1 saturated heterocycles. The molecule has 8 heteroatoms. The van der Waals surface area contributed by atoms with Crippen molar-refractivity contribution >= 4 is 5.91 Å². The summed E-state index contributed by atoms with van der Waals surface area (Å²) in [6, 6.07) is 8.72. The van der Waals surface area contributed by atoms with Crippen molar-refractivity contribution in [3.63, 3.8) is 0 Å². The number of amides is 1. The highest BCUT2D eigenvalue weighted by Crippen LogP contribution is 2.40. The van der Waals surface area contributed by atoms with E-state index in [2.05, 4.69) is 15.2 Å². The van der Waals surface area contributed by atoms with Gasteiger partial charge < -0.3 is 9.42 Å². The number of pyridine rings is 1. The second kappa shape index (κ2) is 6.70. The van der Waals surface area contributed by atoms with Crippen molar-refractivity contribution in [2.45, 2.75) is 25.3 Å². The van der Waals surface area contributed by atoms with Crippen LogP contribution in [0.2, 0.25) is 0 Å². The molecule has 0 spiro atoms. The number of hydrogen-bond acceptors (Lipinski definition) is 6. The lowest BCUT2D eigenvalue weighted by molar-refractivity contribution is 0.0448. The van der Waals surface area contributed by atoms with E-state index < -0.39 is 0 Å². The predicted octanol–water partition coefficient (Wildman–Crippen LogP) is 1.94. The van der Waals surface area contributed by atoms with Crippen LogP contribution in [-0.4, -0.2) is 43.8 Å². The molecule has 0 radical (unpaired) electrons. The first-order valence-electron chi connectivity index (χ1n) is 9.42. The molecule has 0 atom stereocenters. The first-order chi connectivity index (χ1) is 13.7. The van der Waals surface area contributed by atoms with Gasteiger partial charge in [-0.3, -0.25) is 14.6 Å². The normalized spacial score (nSPS) is 16.8. The maximum atomic E-state index is 12.5. The third-order valence-electron chi connectivity index (χ3n) is 5.25. The van der Waals surface area contributed by atoms with Gasteiger partial charge in [0.25, 0.3) is 11.5 Å². The van der Waals surface area contributed by atoms with Gasteiger partial charge in [0.05, 0.1) is 12.2 Å². The number of hydrogen-bond donors (Lipinski definition) is 0. The Kier molecular flexibility index (Phi) is 4.03. The van der Waals surface area contributed by atoms with Crippen LogP contribution in [0.3, 0.4) is 0 Å². The second-order valence-electron chi connectivity index (χ2n) is 7.44. The Hall–Kier alpha value is -3.29. The van der Waals surface area contributed by atoms with E-state index in [1.54, 1.807) is 29.4 Å². The van der Waals surface area contributed by atoms with Crippen LogP contribution in [-0.2, 0) is 6.54 Å². The third-order valence-corrected chi connectivity index (χ3v) is 5.25. The monoisotopic (exact) mass is 377 g/mol. The summed E-state index contributed by atoms with van der Waals surface area (Å²) < 4.78 is 6.74. The summed E-state index contributed by atoms with van der Waals surface area (Å²) in [5, 5.41) is 8.38. The zero-order valence-corrected chi connectivity index (χ0v) is 15.2. The minimum Gasteiger partial charge on any atom is -0.360 e. The van der Waals surface area contributed by atoms with Crippen LogP contribution in [0.1, 0.15) is 35.0 Å². The lowest BCUT2D eigenvalue weighted by Gasteiger charge is -2.38. The summed E-state index contributed by atoms with van der Waals surface area (Å²) in [6.07, 6.45) is 5.60. The molecule has 5 rings (SSSR count). The predicted molar refractivity (Wildman–Crippen MR) is 99.6 cm³/mol. The maximum Gasteiger partial charge on any atom is 0.276 e. The van der Waals surface area contributed by atoms with E-state index in [0.717, 1.165) is 29.9 Å². The molecule has 28 heavy (non-hydrogen) atoms. The highest BCUT2D eigenvalue weighted by atomic mass is 16.5. The van der Waals surface area contributed by atoms with Crippen molar-refractivity contribution in [1.29, 1.82) is 0 Å². The molecule has 1 aliphatic carbocycles. The number of rotatable bonds is 5. The minimum atomic E-state index is -0.145. The van der Waals surface area contributed by atoms with E-state index in [9.17, 15) is 9.59 Å². The molecule has 142 valence electrons. The largest absolute Gasteiger partial charge is 0.360 e. The first-order valence-corrected chi connectivity index (χ1v) is 9.42. The molecular weight excluding hydrogens is 358 g/mol. The van der Waals surface area contributed by atoms with Crippen LogP contribution in [0, 0.1) is 5.92 Å². The summed E-state index contributed by atoms with van der Waals surface area (Å²) in [5.41, 5.74) is 1.86. The molecule has 0 aromatic carbocycles. The van der Waals surface area contributed by atoms with Crippen LogP contribution >= 0.6 is 0 Å². The summed E-state index contributed by atoms with van der Waals surface area (Å²) in [7, 11) is 0. The quantitative estimate of drug-likeness (QED) is 0.674. The molecule has 8 nitrogen and oxygen atoms in total. The Labute approximate surface area is 160 Å². The standard InChI is InChI=1S/C20H19N5O3/c26-19-4-3-16(14-5-7-21-8-6-14)22-25(19)12-13-10-24(11-13)20(27)17-9-18(28-23-17)15-1-2-15/h3-9,13,15H,1-2,10-12H2. The Morgan fingerprint density at radius 3 is 2.68 bits per heavy atom. The molecule has 2 fully saturated rings. The molecule has 1 saturated carbocycles. The average molecular weight is 377 g/mol. The summed E-state index contributed by atoms with van der Waals surface area (Å²) in [5.74, 6) is 1.32. The number of aromatic nitrogens is 4. The molecule has 0 bridgehead atoms. The lowest BCUT2D eigenvalue weighted by atomic mass is 9.99. The molecule has 0 unspecified atom stereocenters. The highest BCUT2D eigenvalue weighted by molar-refractivity contribution is 5.92. The van der Waals surface area contributed by atoms with Crippen molar-refractivity contribution in [2.24, 2.45) is 5.92 Å². The number of carbonyl (C=O) groups excluding carboxylic acids is 1. The van der Waals surface area contributed by atoms with Crippen molar-refractivity contribution < 1.29 is 9.32 Å². The fourth-order valence-electron chi connectivity index (χ4n) is 3.46. The molecule has 3 aromatic rings. The number of likely N-dealkylation sites (tertiary alicyclic amines) is 1. The van der Waals surface area contributed by atoms with E-state index in [0.29, 0.717) is 31.2 Å². The Balaban J connectivity index is 1.23. The van der Waals surface area contributed by atoms with E-state index in [4.69, 9.17) is 4.52 Å². The van der Waals surface area contributed by atoms with E-state index >= 15 is 0 Å². The SMILES string of the molecule is O=C(c1cc(C2CC2)on1)N1CC(Cn2nc(-c3ccncc3)ccc2=O)C1. The molecule has 2 aliphatic rings. The Morgan fingerprint density at radius 1 is 1.14 bits per heavy atom. The van der Waals surface area contributed by atoms with Crippen LogP contribution in [0.15, 0.2) is 52.0 Å². The van der Waals surface area contributed by atoms with Crippen LogP contribution < -0.4 is 5.56 Å². The van der Waals surface area contributed by atoms with Crippen LogP contribution in [0.5, 0.6) is 0 Å². The smallest absolute Gasteiger partial charge is 0.276 e. The van der Waals surface area contributed by atoms with Gasteiger partial charge in [0, 0.05) is 55.0 Å². The van der Waals surface area contributed by atoms with Gasteiger partial charge in [-0.25, -0.2) is 4.68 Å². The van der Waals surface area contributed by atoms with Gasteiger partial charge in [0.15, 0.2) is 5.69 Å².